The van der Waals surface area contributed by atoms with Gasteiger partial charge in [0.1, 0.15) is 96.7 Å². The lowest BCUT2D eigenvalue weighted by Crippen LogP contribution is -2.63. The van der Waals surface area contributed by atoms with Crippen LogP contribution in [0.1, 0.15) is 219 Å². The van der Waals surface area contributed by atoms with Crippen molar-refractivity contribution in [3.05, 3.63) is 0 Å². The number of carbonyl (C=O) groups is 24. The van der Waals surface area contributed by atoms with Gasteiger partial charge in [-0.1, -0.05) is 102 Å². The van der Waals surface area contributed by atoms with Gasteiger partial charge in [-0.25, -0.2) is 4.79 Å². The molecule has 22 unspecified atom stereocenters. The van der Waals surface area contributed by atoms with Crippen molar-refractivity contribution < 1.29 is 151 Å². The normalized spacial score (nSPS) is 15.6. The van der Waals surface area contributed by atoms with Crippen LogP contribution in [0.4, 0.5) is 0 Å². The van der Waals surface area contributed by atoms with E-state index in [4.69, 9.17) is 28.3 Å². The van der Waals surface area contributed by atoms with Gasteiger partial charge in [0.15, 0.2) is 5.96 Å². The van der Waals surface area contributed by atoms with E-state index in [1.807, 2.05) is 6.26 Å². The number of carbonyl (C=O) groups excluding carboxylic acids is 20. The van der Waals surface area contributed by atoms with Crippen LogP contribution in [-0.4, -0.2) is 350 Å². The molecule has 840 valence electrons. The van der Waals surface area contributed by atoms with E-state index in [0.717, 1.165) is 13.8 Å². The molecule has 0 aromatic heterocycles. The monoisotopic (exact) mass is 2130 g/mol. The maximum absolute atomic E-state index is 14.4. The van der Waals surface area contributed by atoms with Gasteiger partial charge in [0, 0.05) is 25.8 Å². The smallest absolute Gasteiger partial charge is 0.326 e. The van der Waals surface area contributed by atoms with Crippen molar-refractivity contribution >= 4 is 160 Å². The number of nitrogens with two attached hydrogens (primary N) is 4. The van der Waals surface area contributed by atoms with E-state index < -0.39 is 358 Å². The Hall–Kier alpha value is -13.3. The van der Waals surface area contributed by atoms with E-state index in [-0.39, 0.29) is 82.8 Å². The van der Waals surface area contributed by atoms with Crippen LogP contribution in [0, 0.1) is 40.9 Å². The largest absolute Gasteiger partial charge is 0.481 e. The molecule has 0 rings (SSSR count). The van der Waals surface area contributed by atoms with Crippen LogP contribution < -0.4 is 129 Å². The summed E-state index contributed by atoms with van der Waals surface area (Å²) in [7, 11) is 0. The summed E-state index contributed by atoms with van der Waals surface area (Å²) in [6, 6.07) is -27.4. The van der Waals surface area contributed by atoms with Crippen LogP contribution in [-0.2, 0) is 115 Å². The van der Waals surface area contributed by atoms with E-state index in [2.05, 4.69) is 106 Å². The average Bonchev–Trinajstić information content (AvgIpc) is 0.838. The molecule has 20 amide bonds. The molecule has 148 heavy (non-hydrogen) atoms. The molecule has 0 aliphatic heterocycles. The SMILES string of the molecule is CCC(C)C(NC(=O)CNC(=O)C(NC(=O)C(CCCNC(=N)N)NC(=O)C(N)CCSC)C(C)CC)C(=O)NC(CC(=O)O)C(=O)NC(CC(C)C)C(=O)NCC(=O)NCC(=O)NC(C(=O)NC(CCCCN)C(=O)NC(C(=O)NC(CCC(=O)O)C(=O)NC(C(=O)NC(C(=O)NC(C)C(=O)NC(CC(C)C)C(=O)NC(CO)C(=O)NC(CCC(=O)O)C(=O)NC(CCC(N)=O)C(=O)O)C(C)CC)C(C)C)C(C)O)C(C)O. The number of hydrogen-bond donors (Lipinski definition) is 32. The van der Waals surface area contributed by atoms with Gasteiger partial charge in [-0.2, -0.15) is 11.8 Å². The quantitative estimate of drug-likeness (QED) is 0.0153. The number of unbranched alkanes of at least 4 members (excludes halogenated alkanes) is 1. The second kappa shape index (κ2) is 70.5. The first kappa shape index (κ1) is 135. The summed E-state index contributed by atoms with van der Waals surface area (Å²) in [4.78, 5) is 322. The number of thioether (sulfide) groups is 1. The third-order valence-electron chi connectivity index (χ3n) is 23.4. The van der Waals surface area contributed by atoms with Crippen LogP contribution in [0.5, 0.6) is 0 Å². The summed E-state index contributed by atoms with van der Waals surface area (Å²) < 4.78 is 0. The number of primary amides is 1. The van der Waals surface area contributed by atoms with Crippen LogP contribution in [0.15, 0.2) is 0 Å². The standard InChI is InChI=1S/C91H159N25O31S/c1-17-45(10)69(114-78(134)53(24-22-33-97-91(95)96)102-75(131)51(93)31-34-148-16)84(140)100-40-64(123)111-70(46(11)18-2)87(143)109-59(37-67(128)129)82(138)108-57(35-42(4)5)76(132)99-38-62(121)98-39-63(122)112-72(49(14)118)88(144)104-52(23-20-21-32-92)79(135)116-73(50(15)119)89(145)105-55(27-30-66(126)127)80(136)113-68(44(8)9)85(141)115-71(47(12)19-3)86(142)101-48(13)74(130)107-58(36-43(6)7)81(137)110-60(41-117)83(139)103-54(26-29-65(124)125)77(133)106-56(90(146)147)25-28-61(94)120/h42-60,68-73,117-119H,17-41,92-93H2,1-16H3,(H2,94,120)(H,98,121)(H,99,132)(H,100,140)(H,101,142)(H,102,131)(H,103,139)(H,104,144)(H,105,145)(H,106,133)(H,107,130)(H,108,138)(H,109,143)(H,110,137)(H,111,123)(H,112,122)(H,113,136)(H,114,134)(H,115,141)(H,116,135)(H,124,125)(H,126,127)(H,128,129)(H,146,147)(H4,95,96,97). The minimum Gasteiger partial charge on any atom is -0.481 e. The highest BCUT2D eigenvalue weighted by atomic mass is 32.2. The average molecular weight is 2130 g/mol. The van der Waals surface area contributed by atoms with Crippen molar-refractivity contribution in [2.45, 2.75) is 334 Å². The van der Waals surface area contributed by atoms with Gasteiger partial charge in [0.2, 0.25) is 118 Å². The van der Waals surface area contributed by atoms with Crippen molar-refractivity contribution in [3.8, 4) is 0 Å². The topological polar surface area (TPSA) is 920 Å². The lowest BCUT2D eigenvalue weighted by atomic mass is 9.96. The zero-order chi connectivity index (χ0) is 113. The lowest BCUT2D eigenvalue weighted by Gasteiger charge is -2.30. The Labute approximate surface area is 862 Å². The molecule has 0 aliphatic rings. The molecule has 36 N–H and O–H groups in total. The number of hydrogen-bond acceptors (Lipinski definition) is 31. The van der Waals surface area contributed by atoms with Gasteiger partial charge < -0.3 is 165 Å². The molecule has 0 bridgehead atoms. The fourth-order valence-electron chi connectivity index (χ4n) is 14.1. The molecule has 0 heterocycles. The van der Waals surface area contributed by atoms with E-state index in [1.54, 1.807) is 69.2 Å². The number of aliphatic carboxylic acids is 4. The Morgan fingerprint density at radius 2 is 0.676 bits per heavy atom. The summed E-state index contributed by atoms with van der Waals surface area (Å²) in [6.07, 6.45) is -5.67. The van der Waals surface area contributed by atoms with Gasteiger partial charge in [-0.15, -0.1) is 0 Å². The van der Waals surface area contributed by atoms with Crippen molar-refractivity contribution in [2.24, 2.45) is 58.4 Å². The van der Waals surface area contributed by atoms with Gasteiger partial charge >= 0.3 is 23.9 Å². The van der Waals surface area contributed by atoms with E-state index >= 15 is 0 Å². The second-order valence-corrected chi connectivity index (χ2v) is 38.3. The van der Waals surface area contributed by atoms with Crippen LogP contribution >= 0.6 is 11.8 Å². The fourth-order valence-corrected chi connectivity index (χ4v) is 14.6. The van der Waals surface area contributed by atoms with E-state index in [0.29, 0.717) is 18.6 Å². The fraction of sp³-hybridized carbons (Fsp3) is 0.725. The van der Waals surface area contributed by atoms with Crippen molar-refractivity contribution in [2.75, 3.05) is 51.3 Å². The Morgan fingerprint density at radius 1 is 0.331 bits per heavy atom. The van der Waals surface area contributed by atoms with Crippen molar-refractivity contribution in [1.82, 2.24) is 106 Å². The Kier molecular flexibility index (Phi) is 64.2. The second-order valence-electron chi connectivity index (χ2n) is 37.3. The number of guanidine groups is 1. The lowest BCUT2D eigenvalue weighted by molar-refractivity contribution is -0.143. The molecule has 0 saturated carbocycles. The molecule has 0 radical (unpaired) electrons. The predicted molar refractivity (Wildman–Crippen MR) is 533 cm³/mol. The number of carboxylic acids is 4. The van der Waals surface area contributed by atoms with Gasteiger partial charge in [0.25, 0.3) is 0 Å². The highest BCUT2D eigenvalue weighted by molar-refractivity contribution is 7.98. The van der Waals surface area contributed by atoms with Gasteiger partial charge in [-0.05, 0) is 145 Å². The summed E-state index contributed by atoms with van der Waals surface area (Å²) in [6.45, 7) is 19.0. The van der Waals surface area contributed by atoms with Crippen LogP contribution in [0.2, 0.25) is 0 Å². The number of amides is 20. The molecule has 0 fully saturated rings. The van der Waals surface area contributed by atoms with Crippen molar-refractivity contribution in [1.29, 1.82) is 5.41 Å². The number of aliphatic hydroxyl groups excluding tert-OH is 3. The van der Waals surface area contributed by atoms with E-state index in [9.17, 15) is 151 Å². The van der Waals surface area contributed by atoms with Gasteiger partial charge in [-0.3, -0.25) is 116 Å². The molecule has 0 aromatic carbocycles. The van der Waals surface area contributed by atoms with Crippen LogP contribution in [0.3, 0.4) is 0 Å². The van der Waals surface area contributed by atoms with Crippen LogP contribution in [0.25, 0.3) is 0 Å². The number of rotatable bonds is 75. The molecular weight excluding hydrogens is 1970 g/mol. The summed E-state index contributed by atoms with van der Waals surface area (Å²) in [5.41, 5.74) is 22.3. The molecule has 0 spiro atoms. The Bertz CT molecular complexity index is 4480. The Morgan fingerprint density at radius 3 is 1.13 bits per heavy atom. The molecule has 0 saturated heterocycles. The first-order valence-electron chi connectivity index (χ1n) is 49.0. The number of carboxylic acid groups (broad SMARTS) is 4. The first-order chi connectivity index (χ1) is 69.1. The molecular formula is C91H159N25O31S. The minimum absolute atomic E-state index is 0.0327. The highest BCUT2D eigenvalue weighted by Crippen LogP contribution is 2.18. The summed E-state index contributed by atoms with van der Waals surface area (Å²) >= 11 is 1.46. The molecule has 22 atom stereocenters. The zero-order valence-corrected chi connectivity index (χ0v) is 87.6. The predicted octanol–water partition coefficient (Wildman–Crippen LogP) is -9.22. The Balaban J connectivity index is 6.65. The zero-order valence-electron chi connectivity index (χ0n) is 86.8. The molecule has 0 aromatic rings. The maximum Gasteiger partial charge on any atom is 0.326 e. The first-order valence-corrected chi connectivity index (χ1v) is 50.4. The molecule has 0 aliphatic carbocycles. The van der Waals surface area contributed by atoms with E-state index in [1.165, 1.54) is 32.5 Å². The minimum atomic E-state index is -2.03. The van der Waals surface area contributed by atoms with Gasteiger partial charge in [0.05, 0.1) is 50.9 Å². The number of aliphatic hydroxyl groups is 3. The molecule has 57 heteroatoms. The third-order valence-corrected chi connectivity index (χ3v) is 24.0. The molecule has 56 nitrogen and oxygen atoms in total. The summed E-state index contributed by atoms with van der Waals surface area (Å²) in [5.74, 6) is -30.6. The number of nitrogens with one attached hydrogen (secondary N) is 21. The maximum atomic E-state index is 14.4. The summed E-state index contributed by atoms with van der Waals surface area (Å²) in [5, 5.41) is 126. The third kappa shape index (κ3) is 52.8. The van der Waals surface area contributed by atoms with Crippen molar-refractivity contribution in [3.63, 3.8) is 0 Å². The highest BCUT2D eigenvalue weighted by Gasteiger charge is 2.42.